The maximum absolute atomic E-state index is 10.7. The van der Waals surface area contributed by atoms with Crippen LogP contribution in [0, 0.1) is 10.7 Å². The second-order valence-corrected chi connectivity index (χ2v) is 3.88. The Morgan fingerprint density at radius 2 is 1.93 bits per heavy atom. The number of sulfonamides is 1. The summed E-state index contributed by atoms with van der Waals surface area (Å²) in [5.74, 6) is 0. The highest BCUT2D eigenvalue weighted by Crippen LogP contribution is 1.99. The number of nitrogens with one attached hydrogen (secondary N) is 1. The van der Waals surface area contributed by atoms with E-state index in [1.807, 2.05) is 35.1 Å². The molecule has 1 aromatic carbocycles. The lowest BCUT2D eigenvalue weighted by Gasteiger charge is -1.93. The zero-order chi connectivity index (χ0) is 10.4. The summed E-state index contributed by atoms with van der Waals surface area (Å²) in [5.41, 5.74) is 0.855. The number of nitrogens with zero attached hydrogens (tertiary/aromatic N) is 1. The van der Waals surface area contributed by atoms with Crippen molar-refractivity contribution in [2.24, 2.45) is 0 Å². The first-order chi connectivity index (χ1) is 6.64. The van der Waals surface area contributed by atoms with Crippen molar-refractivity contribution in [2.45, 2.75) is 0 Å². The minimum Gasteiger partial charge on any atom is -0.278 e. The molecule has 0 radical (unpaired) electrons. The van der Waals surface area contributed by atoms with Crippen LogP contribution in [0.1, 0.15) is 5.56 Å². The Morgan fingerprint density at radius 3 is 2.50 bits per heavy atom. The van der Waals surface area contributed by atoms with E-state index in [0.29, 0.717) is 0 Å². The van der Waals surface area contributed by atoms with Gasteiger partial charge in [-0.05, 0) is 11.6 Å². The van der Waals surface area contributed by atoms with E-state index in [2.05, 4.69) is 0 Å². The minimum atomic E-state index is -3.82. The summed E-state index contributed by atoms with van der Waals surface area (Å²) < 4.78 is 23.3. The molecule has 0 aliphatic carbocycles. The van der Waals surface area contributed by atoms with Gasteiger partial charge in [-0.2, -0.15) is 13.7 Å². The van der Waals surface area contributed by atoms with Crippen LogP contribution in [0.25, 0.3) is 6.08 Å². The molecule has 0 spiro atoms. The van der Waals surface area contributed by atoms with E-state index in [0.717, 1.165) is 11.0 Å². The van der Waals surface area contributed by atoms with Crippen molar-refractivity contribution in [3.63, 3.8) is 0 Å². The van der Waals surface area contributed by atoms with Gasteiger partial charge in [0.25, 0.3) is 0 Å². The van der Waals surface area contributed by atoms with E-state index in [-0.39, 0.29) is 0 Å². The summed E-state index contributed by atoms with van der Waals surface area (Å²) in [6.07, 6.45) is 2.78. The number of rotatable bonds is 3. The predicted octanol–water partition coefficient (Wildman–Crippen LogP) is 1.06. The van der Waals surface area contributed by atoms with Crippen LogP contribution in [-0.2, 0) is 10.0 Å². The smallest absolute Gasteiger partial charge is 0.278 e. The van der Waals surface area contributed by atoms with Crippen molar-refractivity contribution in [1.29, 1.82) is 5.26 Å². The monoisotopic (exact) mass is 208 g/mol. The summed E-state index contributed by atoms with van der Waals surface area (Å²) in [6.45, 7) is 0. The molecule has 0 aliphatic heterocycles. The Labute approximate surface area is 82.5 Å². The maximum Gasteiger partial charge on any atom is 0.326 e. The van der Waals surface area contributed by atoms with Crippen LogP contribution in [0.3, 0.4) is 0 Å². The largest absolute Gasteiger partial charge is 0.326 e. The van der Waals surface area contributed by atoms with Crippen LogP contribution in [-0.4, -0.2) is 8.42 Å². The van der Waals surface area contributed by atoms with Crippen LogP contribution in [0.5, 0.6) is 0 Å². The van der Waals surface area contributed by atoms with Gasteiger partial charge in [0.2, 0.25) is 5.40 Å². The van der Waals surface area contributed by atoms with E-state index < -0.39 is 10.0 Å². The van der Waals surface area contributed by atoms with Crippen molar-refractivity contribution in [2.75, 3.05) is 0 Å². The molecule has 14 heavy (non-hydrogen) atoms. The average Bonchev–Trinajstić information content (AvgIpc) is 2.19. The van der Waals surface area contributed by atoms with Crippen molar-refractivity contribution in [3.05, 3.63) is 42.1 Å². The van der Waals surface area contributed by atoms with Crippen molar-refractivity contribution in [1.82, 2.24) is 4.72 Å². The lowest BCUT2D eigenvalue weighted by atomic mass is 10.2. The molecule has 0 aromatic heterocycles. The van der Waals surface area contributed by atoms with E-state index in [4.69, 9.17) is 5.26 Å². The van der Waals surface area contributed by atoms with Crippen LogP contribution in [0.2, 0.25) is 0 Å². The molecule has 0 bridgehead atoms. The molecule has 0 aliphatic rings. The normalized spacial score (nSPS) is 11.1. The summed E-state index contributed by atoms with van der Waals surface area (Å²) in [7, 11) is -3.82. The third-order valence-corrected chi connectivity index (χ3v) is 2.11. The molecule has 72 valence electrons. The Bertz CT molecular complexity index is 457. The second-order valence-electron chi connectivity index (χ2n) is 2.46. The van der Waals surface area contributed by atoms with Gasteiger partial charge >= 0.3 is 10.0 Å². The molecular formula is C9H8N2O2S. The fourth-order valence-corrected chi connectivity index (χ4v) is 1.11. The van der Waals surface area contributed by atoms with Gasteiger partial charge in [-0.25, -0.2) is 0 Å². The first-order valence-electron chi connectivity index (χ1n) is 3.79. The molecule has 1 aromatic rings. The molecule has 0 fully saturated rings. The van der Waals surface area contributed by atoms with E-state index >= 15 is 0 Å². The first kappa shape index (κ1) is 10.3. The lowest BCUT2D eigenvalue weighted by Crippen LogP contribution is -2.14. The number of thiocyanates is 1. The highest BCUT2D eigenvalue weighted by atomic mass is 32.2. The second kappa shape index (κ2) is 4.44. The molecule has 0 saturated heterocycles. The summed E-state index contributed by atoms with van der Waals surface area (Å²) in [5, 5.41) is 9.29. The Kier molecular flexibility index (Phi) is 3.26. The number of nitriles is 1. The van der Waals surface area contributed by atoms with Gasteiger partial charge in [-0.15, -0.1) is 0 Å². The molecule has 1 rings (SSSR count). The topological polar surface area (TPSA) is 70.0 Å². The molecule has 0 unspecified atom stereocenters. The third kappa shape index (κ3) is 3.29. The highest BCUT2D eigenvalue weighted by Gasteiger charge is 2.01. The molecule has 1 N–H and O–H groups in total. The van der Waals surface area contributed by atoms with Crippen LogP contribution in [0.15, 0.2) is 36.5 Å². The lowest BCUT2D eigenvalue weighted by molar-refractivity contribution is 0.600. The van der Waals surface area contributed by atoms with Gasteiger partial charge in [-0.3, -0.25) is 4.72 Å². The Morgan fingerprint density at radius 1 is 1.29 bits per heavy atom. The standard InChI is InChI=1S/C9H8N2O2S/c10-8-14(12,13)11-7-6-9-4-2-1-3-5-9/h1-7,11H. The predicted molar refractivity (Wildman–Crippen MR) is 53.1 cm³/mol. The average molecular weight is 208 g/mol. The molecule has 0 atom stereocenters. The molecule has 0 heterocycles. The van der Waals surface area contributed by atoms with Gasteiger partial charge in [0.1, 0.15) is 0 Å². The maximum atomic E-state index is 10.7. The van der Waals surface area contributed by atoms with E-state index in [9.17, 15) is 8.42 Å². The van der Waals surface area contributed by atoms with Gasteiger partial charge in [0, 0.05) is 6.20 Å². The quantitative estimate of drug-likeness (QED) is 0.596. The molecule has 0 amide bonds. The zero-order valence-corrected chi connectivity index (χ0v) is 8.03. The number of hydrogen-bond acceptors (Lipinski definition) is 3. The zero-order valence-electron chi connectivity index (χ0n) is 7.21. The van der Waals surface area contributed by atoms with E-state index in [1.54, 1.807) is 6.08 Å². The van der Waals surface area contributed by atoms with Gasteiger partial charge in [0.15, 0.2) is 0 Å². The summed E-state index contributed by atoms with van der Waals surface area (Å²) >= 11 is 0. The Balaban J connectivity index is 2.65. The molecular weight excluding hydrogens is 200 g/mol. The minimum absolute atomic E-state index is 0.855. The Hall–Kier alpha value is -1.80. The highest BCUT2D eigenvalue weighted by molar-refractivity contribution is 7.94. The number of benzene rings is 1. The fraction of sp³-hybridized carbons (Fsp3) is 0. The van der Waals surface area contributed by atoms with Crippen molar-refractivity contribution < 1.29 is 8.42 Å². The number of hydrogen-bond donors (Lipinski definition) is 1. The third-order valence-electron chi connectivity index (χ3n) is 1.42. The SMILES string of the molecule is N#CS(=O)(=O)NC=Cc1ccccc1. The van der Waals surface area contributed by atoms with Gasteiger partial charge in [0.05, 0.1) is 0 Å². The summed E-state index contributed by atoms with van der Waals surface area (Å²) in [4.78, 5) is 0. The van der Waals surface area contributed by atoms with Crippen LogP contribution >= 0.6 is 0 Å². The van der Waals surface area contributed by atoms with Crippen LogP contribution in [0.4, 0.5) is 0 Å². The van der Waals surface area contributed by atoms with E-state index in [1.165, 1.54) is 6.20 Å². The van der Waals surface area contributed by atoms with Crippen molar-refractivity contribution in [3.8, 4) is 5.40 Å². The fourth-order valence-electron chi connectivity index (χ4n) is 0.810. The van der Waals surface area contributed by atoms with Crippen molar-refractivity contribution >= 4 is 16.1 Å². The van der Waals surface area contributed by atoms with Gasteiger partial charge < -0.3 is 0 Å². The molecule has 0 saturated carbocycles. The van der Waals surface area contributed by atoms with Crippen LogP contribution < -0.4 is 4.72 Å². The summed E-state index contributed by atoms with van der Waals surface area (Å²) in [6, 6.07) is 9.15. The molecule has 5 heteroatoms. The van der Waals surface area contributed by atoms with Gasteiger partial charge in [-0.1, -0.05) is 30.3 Å². The first-order valence-corrected chi connectivity index (χ1v) is 5.27. The molecule has 4 nitrogen and oxygen atoms in total.